The Bertz CT molecular complexity index is 494. The number of amidine groups is 1. The number of benzene rings is 1. The number of aliphatic hydroxyl groups is 1. The van der Waals surface area contributed by atoms with Gasteiger partial charge in [-0.3, -0.25) is 0 Å². The summed E-state index contributed by atoms with van der Waals surface area (Å²) in [6, 6.07) is 3.95. The van der Waals surface area contributed by atoms with Crippen LogP contribution in [-0.2, 0) is 0 Å². The number of nitrogens with two attached hydrogens (primary N) is 1. The lowest BCUT2D eigenvalue weighted by molar-refractivity contribution is -0.119. The first-order chi connectivity index (χ1) is 9.28. The number of hydrogen-bond donors (Lipinski definition) is 3. The number of rotatable bonds is 5. The van der Waals surface area contributed by atoms with E-state index in [0.717, 1.165) is 4.90 Å². The van der Waals surface area contributed by atoms with Gasteiger partial charge < -0.3 is 20.9 Å². The lowest BCUT2D eigenvalue weighted by Crippen LogP contribution is -2.36. The fourth-order valence-corrected chi connectivity index (χ4v) is 1.87. The highest BCUT2D eigenvalue weighted by atomic mass is 35.5. The third kappa shape index (κ3) is 4.46. The van der Waals surface area contributed by atoms with Crippen LogP contribution >= 0.6 is 11.6 Å². The molecule has 0 aliphatic heterocycles. The number of oxime groups is 1. The van der Waals surface area contributed by atoms with Crippen molar-refractivity contribution < 1.29 is 23.5 Å². The predicted molar refractivity (Wildman–Crippen MR) is 69.3 cm³/mol. The van der Waals surface area contributed by atoms with E-state index >= 15 is 0 Å². The molecule has 1 aromatic carbocycles. The highest BCUT2D eigenvalue weighted by Gasteiger charge is 2.31. The van der Waals surface area contributed by atoms with Crippen LogP contribution in [0.1, 0.15) is 5.56 Å². The molecule has 0 aliphatic carbocycles. The average Bonchev–Trinajstić information content (AvgIpc) is 2.35. The first-order valence-corrected chi connectivity index (χ1v) is 5.86. The first kappa shape index (κ1) is 16.4. The van der Waals surface area contributed by atoms with Gasteiger partial charge in [0.25, 0.3) is 0 Å². The Morgan fingerprint density at radius 3 is 2.50 bits per heavy atom. The zero-order valence-corrected chi connectivity index (χ0v) is 11.0. The number of nitrogens with zero attached hydrogens (tertiary/aromatic N) is 2. The molecule has 0 atom stereocenters. The number of hydrogen-bond acceptors (Lipinski definition) is 4. The van der Waals surface area contributed by atoms with Crippen molar-refractivity contribution in [2.24, 2.45) is 10.9 Å². The minimum absolute atomic E-state index is 0.0444. The Hall–Kier alpha value is -1.67. The molecule has 0 spiro atoms. The van der Waals surface area contributed by atoms with E-state index in [0.29, 0.717) is 0 Å². The average molecular weight is 312 g/mol. The quantitative estimate of drug-likeness (QED) is 0.335. The predicted octanol–water partition coefficient (Wildman–Crippen LogP) is 1.80. The lowest BCUT2D eigenvalue weighted by Gasteiger charge is -2.25. The maximum absolute atomic E-state index is 12.4. The van der Waals surface area contributed by atoms with Gasteiger partial charge in [-0.15, -0.1) is 0 Å². The van der Waals surface area contributed by atoms with Crippen LogP contribution in [0.25, 0.3) is 0 Å². The molecule has 112 valence electrons. The van der Waals surface area contributed by atoms with Gasteiger partial charge in [0, 0.05) is 17.8 Å². The minimum atomic E-state index is -4.41. The third-order valence-electron chi connectivity index (χ3n) is 2.44. The second-order valence-electron chi connectivity index (χ2n) is 3.91. The van der Waals surface area contributed by atoms with E-state index in [-0.39, 0.29) is 28.7 Å². The normalized spacial score (nSPS) is 12.6. The van der Waals surface area contributed by atoms with Crippen molar-refractivity contribution in [1.82, 2.24) is 0 Å². The molecule has 0 radical (unpaired) electrons. The van der Waals surface area contributed by atoms with Crippen LogP contribution in [0.2, 0.25) is 5.02 Å². The van der Waals surface area contributed by atoms with Crippen molar-refractivity contribution >= 4 is 23.1 Å². The van der Waals surface area contributed by atoms with Crippen LogP contribution in [0.4, 0.5) is 18.9 Å². The fourth-order valence-electron chi connectivity index (χ4n) is 1.60. The van der Waals surface area contributed by atoms with Crippen molar-refractivity contribution in [3.8, 4) is 0 Å². The van der Waals surface area contributed by atoms with Gasteiger partial charge in [0.1, 0.15) is 6.54 Å². The molecule has 0 heterocycles. The number of anilines is 1. The van der Waals surface area contributed by atoms with Gasteiger partial charge in [0.15, 0.2) is 5.84 Å². The highest BCUT2D eigenvalue weighted by Crippen LogP contribution is 2.26. The summed E-state index contributed by atoms with van der Waals surface area (Å²) in [6.07, 6.45) is -4.41. The molecule has 4 N–H and O–H groups in total. The summed E-state index contributed by atoms with van der Waals surface area (Å²) in [6.45, 7) is -1.85. The second kappa shape index (κ2) is 6.67. The van der Waals surface area contributed by atoms with Crippen LogP contribution in [0.5, 0.6) is 0 Å². The fraction of sp³-hybridized carbons (Fsp3) is 0.364. The Morgan fingerprint density at radius 2 is 2.05 bits per heavy atom. The van der Waals surface area contributed by atoms with Gasteiger partial charge in [0.05, 0.1) is 11.6 Å². The molecule has 20 heavy (non-hydrogen) atoms. The zero-order valence-electron chi connectivity index (χ0n) is 10.2. The molecule has 1 aromatic rings. The SMILES string of the molecule is N/C(=N/O)c1ccc(N(CCO)CC(F)(F)F)cc1Cl. The standard InChI is InChI=1S/C11H13ClF3N3O2/c12-9-5-7(1-2-8(9)10(16)17-20)18(3-4-19)6-11(13,14)15/h1-2,5,19-20H,3-4,6H2,(H2,16,17). The molecule has 0 fully saturated rings. The maximum Gasteiger partial charge on any atom is 0.405 e. The number of halogens is 4. The largest absolute Gasteiger partial charge is 0.409 e. The smallest absolute Gasteiger partial charge is 0.405 e. The molecule has 5 nitrogen and oxygen atoms in total. The van der Waals surface area contributed by atoms with E-state index in [1.54, 1.807) is 0 Å². The molecule has 0 amide bonds. The van der Waals surface area contributed by atoms with E-state index in [2.05, 4.69) is 5.16 Å². The molecule has 0 unspecified atom stereocenters. The summed E-state index contributed by atoms with van der Waals surface area (Å²) in [7, 11) is 0. The molecular weight excluding hydrogens is 299 g/mol. The van der Waals surface area contributed by atoms with E-state index in [4.69, 9.17) is 27.6 Å². The van der Waals surface area contributed by atoms with Gasteiger partial charge in [-0.25, -0.2) is 0 Å². The van der Waals surface area contributed by atoms with E-state index in [9.17, 15) is 13.2 Å². The lowest BCUT2D eigenvalue weighted by atomic mass is 10.1. The van der Waals surface area contributed by atoms with Gasteiger partial charge in [-0.05, 0) is 18.2 Å². The van der Waals surface area contributed by atoms with Gasteiger partial charge in [-0.2, -0.15) is 13.2 Å². The van der Waals surface area contributed by atoms with Crippen LogP contribution in [0.3, 0.4) is 0 Å². The molecule has 0 aromatic heterocycles. The zero-order chi connectivity index (χ0) is 15.3. The topological polar surface area (TPSA) is 82.1 Å². The van der Waals surface area contributed by atoms with Crippen molar-refractivity contribution in [2.75, 3.05) is 24.6 Å². The van der Waals surface area contributed by atoms with Crippen LogP contribution in [0.15, 0.2) is 23.4 Å². The summed E-state index contributed by atoms with van der Waals surface area (Å²) in [5.74, 6) is -0.244. The van der Waals surface area contributed by atoms with Crippen molar-refractivity contribution in [3.63, 3.8) is 0 Å². The molecular formula is C11H13ClF3N3O2. The molecule has 0 bridgehead atoms. The molecule has 0 aliphatic rings. The molecule has 0 saturated heterocycles. The highest BCUT2D eigenvalue weighted by molar-refractivity contribution is 6.34. The van der Waals surface area contributed by atoms with E-state index in [1.807, 2.05) is 0 Å². The van der Waals surface area contributed by atoms with E-state index in [1.165, 1.54) is 18.2 Å². The van der Waals surface area contributed by atoms with Crippen molar-refractivity contribution in [3.05, 3.63) is 28.8 Å². The summed E-state index contributed by atoms with van der Waals surface area (Å²) in [5.41, 5.74) is 5.74. The monoisotopic (exact) mass is 311 g/mol. The Balaban J connectivity index is 3.07. The van der Waals surface area contributed by atoms with Crippen LogP contribution < -0.4 is 10.6 Å². The summed E-state index contributed by atoms with van der Waals surface area (Å²) in [4.78, 5) is 0.932. The van der Waals surface area contributed by atoms with E-state index < -0.39 is 19.3 Å². The van der Waals surface area contributed by atoms with Crippen LogP contribution in [0, 0.1) is 0 Å². The van der Waals surface area contributed by atoms with Gasteiger partial charge in [0.2, 0.25) is 0 Å². The number of alkyl halides is 3. The third-order valence-corrected chi connectivity index (χ3v) is 2.75. The van der Waals surface area contributed by atoms with Gasteiger partial charge in [-0.1, -0.05) is 16.8 Å². The summed E-state index contributed by atoms with van der Waals surface area (Å²) in [5, 5.41) is 20.2. The second-order valence-corrected chi connectivity index (χ2v) is 4.32. The maximum atomic E-state index is 12.4. The van der Waals surface area contributed by atoms with Gasteiger partial charge >= 0.3 is 6.18 Å². The molecule has 1 rings (SSSR count). The molecule has 0 saturated carbocycles. The minimum Gasteiger partial charge on any atom is -0.409 e. The van der Waals surface area contributed by atoms with Crippen LogP contribution in [-0.4, -0.2) is 42.0 Å². The molecule has 9 heteroatoms. The summed E-state index contributed by atoms with van der Waals surface area (Å²) >= 11 is 5.88. The first-order valence-electron chi connectivity index (χ1n) is 5.48. The summed E-state index contributed by atoms with van der Waals surface area (Å²) < 4.78 is 37.3. The Labute approximate surface area is 118 Å². The Morgan fingerprint density at radius 1 is 1.40 bits per heavy atom. The van der Waals surface area contributed by atoms with Crippen molar-refractivity contribution in [2.45, 2.75) is 6.18 Å². The Kier molecular flexibility index (Phi) is 5.46. The van der Waals surface area contributed by atoms with Crippen molar-refractivity contribution in [1.29, 1.82) is 0 Å². The number of aliphatic hydroxyl groups excluding tert-OH is 1.